The molecule has 0 spiro atoms. The number of aryl methyl sites for hydroxylation is 1. The van der Waals surface area contributed by atoms with E-state index in [1.807, 2.05) is 60.4 Å². The lowest BCUT2D eigenvalue weighted by Crippen LogP contribution is -2.35. The van der Waals surface area contributed by atoms with Crippen molar-refractivity contribution in [3.05, 3.63) is 59.7 Å². The van der Waals surface area contributed by atoms with Gasteiger partial charge in [0, 0.05) is 30.0 Å². The summed E-state index contributed by atoms with van der Waals surface area (Å²) in [5, 5.41) is 5.95. The molecule has 5 nitrogen and oxygen atoms in total. The molecule has 1 fully saturated rings. The van der Waals surface area contributed by atoms with Crippen molar-refractivity contribution in [1.29, 1.82) is 0 Å². The molecule has 0 unspecified atom stereocenters. The van der Waals surface area contributed by atoms with Crippen LogP contribution in [-0.4, -0.2) is 36.3 Å². The van der Waals surface area contributed by atoms with Crippen molar-refractivity contribution in [3.8, 4) is 0 Å². The maximum Gasteiger partial charge on any atom is 0.253 e. The predicted octanol–water partition coefficient (Wildman–Crippen LogP) is 3.67. The molecule has 1 aliphatic rings. The van der Waals surface area contributed by atoms with Gasteiger partial charge in [-0.05, 0) is 68.1 Å². The number of rotatable bonds is 5. The summed E-state index contributed by atoms with van der Waals surface area (Å²) in [4.78, 5) is 26.4. The maximum atomic E-state index is 12.4. The quantitative estimate of drug-likeness (QED) is 0.864. The summed E-state index contributed by atoms with van der Waals surface area (Å²) in [6.45, 7) is 3.85. The number of benzene rings is 2. The Labute approximate surface area is 154 Å². The Bertz CT molecular complexity index is 765. The molecule has 2 amide bonds. The smallest absolute Gasteiger partial charge is 0.253 e. The second-order valence-corrected chi connectivity index (χ2v) is 6.70. The Kier molecular flexibility index (Phi) is 5.89. The summed E-state index contributed by atoms with van der Waals surface area (Å²) in [6.07, 6.45) is 3.38. The topological polar surface area (TPSA) is 61.4 Å². The summed E-state index contributed by atoms with van der Waals surface area (Å²) in [6, 6.07) is 15.0. The second kappa shape index (κ2) is 8.52. The number of nitrogens with zero attached hydrogens (tertiary/aromatic N) is 1. The summed E-state index contributed by atoms with van der Waals surface area (Å²) >= 11 is 0. The predicted molar refractivity (Wildman–Crippen MR) is 104 cm³/mol. The average Bonchev–Trinajstić information content (AvgIpc) is 2.67. The fraction of sp³-hybridized carbons (Fsp3) is 0.333. The van der Waals surface area contributed by atoms with Gasteiger partial charge in [0.15, 0.2) is 0 Å². The SMILES string of the molecule is Cc1cccc(NC(=O)CNc2ccc(C(=O)N3CCCCC3)cc2)c1. The Hall–Kier alpha value is -2.82. The van der Waals surface area contributed by atoms with Crippen molar-refractivity contribution in [1.82, 2.24) is 4.90 Å². The van der Waals surface area contributed by atoms with Crippen LogP contribution in [0.5, 0.6) is 0 Å². The molecule has 1 heterocycles. The lowest BCUT2D eigenvalue weighted by molar-refractivity contribution is -0.114. The zero-order valence-corrected chi connectivity index (χ0v) is 15.1. The largest absolute Gasteiger partial charge is 0.376 e. The Balaban J connectivity index is 1.51. The number of piperidine rings is 1. The Morgan fingerprint density at radius 3 is 2.38 bits per heavy atom. The van der Waals surface area contributed by atoms with Crippen LogP contribution in [0.1, 0.15) is 35.2 Å². The number of nitrogens with one attached hydrogen (secondary N) is 2. The zero-order valence-electron chi connectivity index (χ0n) is 15.1. The molecular formula is C21H25N3O2. The molecule has 136 valence electrons. The molecule has 0 aromatic heterocycles. The van der Waals surface area contributed by atoms with E-state index in [9.17, 15) is 9.59 Å². The van der Waals surface area contributed by atoms with Crippen LogP contribution in [0.4, 0.5) is 11.4 Å². The summed E-state index contributed by atoms with van der Waals surface area (Å²) < 4.78 is 0. The molecule has 2 aromatic rings. The van der Waals surface area contributed by atoms with Crippen molar-refractivity contribution < 1.29 is 9.59 Å². The van der Waals surface area contributed by atoms with Crippen molar-refractivity contribution in [3.63, 3.8) is 0 Å². The molecule has 1 aliphatic heterocycles. The fourth-order valence-corrected chi connectivity index (χ4v) is 3.12. The highest BCUT2D eigenvalue weighted by Crippen LogP contribution is 2.15. The van der Waals surface area contributed by atoms with Crippen molar-refractivity contribution in [2.75, 3.05) is 30.3 Å². The monoisotopic (exact) mass is 351 g/mol. The first kappa shape index (κ1) is 18.0. The van der Waals surface area contributed by atoms with Gasteiger partial charge in [-0.25, -0.2) is 0 Å². The van der Waals surface area contributed by atoms with Crippen LogP contribution >= 0.6 is 0 Å². The number of carbonyl (C=O) groups is 2. The van der Waals surface area contributed by atoms with Gasteiger partial charge in [0.25, 0.3) is 5.91 Å². The molecule has 2 N–H and O–H groups in total. The van der Waals surface area contributed by atoms with E-state index in [0.717, 1.165) is 42.9 Å². The molecule has 2 aromatic carbocycles. The molecule has 0 radical (unpaired) electrons. The Morgan fingerprint density at radius 1 is 0.962 bits per heavy atom. The third-order valence-electron chi connectivity index (χ3n) is 4.53. The number of anilines is 2. The lowest BCUT2D eigenvalue weighted by atomic mass is 10.1. The highest BCUT2D eigenvalue weighted by Gasteiger charge is 2.17. The van der Waals surface area contributed by atoms with Gasteiger partial charge in [0.1, 0.15) is 0 Å². The first-order valence-corrected chi connectivity index (χ1v) is 9.11. The van der Waals surface area contributed by atoms with Gasteiger partial charge in [-0.2, -0.15) is 0 Å². The van der Waals surface area contributed by atoms with Crippen molar-refractivity contribution in [2.24, 2.45) is 0 Å². The van der Waals surface area contributed by atoms with E-state index in [4.69, 9.17) is 0 Å². The normalized spacial score (nSPS) is 14.0. The number of hydrogen-bond donors (Lipinski definition) is 2. The molecule has 0 bridgehead atoms. The van der Waals surface area contributed by atoms with Gasteiger partial charge in [-0.15, -0.1) is 0 Å². The van der Waals surface area contributed by atoms with Gasteiger partial charge < -0.3 is 15.5 Å². The average molecular weight is 351 g/mol. The first-order valence-electron chi connectivity index (χ1n) is 9.11. The van der Waals surface area contributed by atoms with Crippen LogP contribution < -0.4 is 10.6 Å². The van der Waals surface area contributed by atoms with Gasteiger partial charge in [0.2, 0.25) is 5.91 Å². The zero-order chi connectivity index (χ0) is 18.4. The minimum Gasteiger partial charge on any atom is -0.376 e. The molecule has 26 heavy (non-hydrogen) atoms. The third kappa shape index (κ3) is 4.85. The van der Waals surface area contributed by atoms with Crippen molar-refractivity contribution >= 4 is 23.2 Å². The molecular weight excluding hydrogens is 326 g/mol. The highest BCUT2D eigenvalue weighted by molar-refractivity contribution is 5.95. The second-order valence-electron chi connectivity index (χ2n) is 6.70. The molecule has 0 saturated carbocycles. The number of hydrogen-bond acceptors (Lipinski definition) is 3. The number of carbonyl (C=O) groups excluding carboxylic acids is 2. The van der Waals surface area contributed by atoms with E-state index in [0.29, 0.717) is 5.56 Å². The summed E-state index contributed by atoms with van der Waals surface area (Å²) in [5.74, 6) is -0.0162. The lowest BCUT2D eigenvalue weighted by Gasteiger charge is -2.26. The van der Waals surface area contributed by atoms with Crippen molar-refractivity contribution in [2.45, 2.75) is 26.2 Å². The van der Waals surface area contributed by atoms with E-state index in [1.54, 1.807) is 0 Å². The van der Waals surface area contributed by atoms with E-state index >= 15 is 0 Å². The summed E-state index contributed by atoms with van der Waals surface area (Å²) in [7, 11) is 0. The molecule has 3 rings (SSSR count). The van der Waals surface area contributed by atoms with Crippen LogP contribution in [0, 0.1) is 6.92 Å². The third-order valence-corrected chi connectivity index (χ3v) is 4.53. The molecule has 1 saturated heterocycles. The minimum absolute atomic E-state index is 0.0911. The molecule has 0 atom stereocenters. The van der Waals surface area contributed by atoms with E-state index in [1.165, 1.54) is 6.42 Å². The standard InChI is InChI=1S/C21H25N3O2/c1-16-6-5-7-19(14-16)23-20(25)15-22-18-10-8-17(9-11-18)21(26)24-12-3-2-4-13-24/h5-11,14,22H,2-4,12-13,15H2,1H3,(H,23,25). The number of amides is 2. The van der Waals surface area contributed by atoms with Crippen LogP contribution in [0.15, 0.2) is 48.5 Å². The first-order chi connectivity index (χ1) is 12.6. The van der Waals surface area contributed by atoms with Crippen LogP contribution in [0.2, 0.25) is 0 Å². The van der Waals surface area contributed by atoms with Gasteiger partial charge in [-0.1, -0.05) is 12.1 Å². The Morgan fingerprint density at radius 2 is 1.69 bits per heavy atom. The van der Waals surface area contributed by atoms with E-state index in [-0.39, 0.29) is 18.4 Å². The fourth-order valence-electron chi connectivity index (χ4n) is 3.12. The number of likely N-dealkylation sites (tertiary alicyclic amines) is 1. The van der Waals surface area contributed by atoms with Gasteiger partial charge in [0.05, 0.1) is 6.54 Å². The van der Waals surface area contributed by atoms with E-state index < -0.39 is 0 Å². The molecule has 0 aliphatic carbocycles. The van der Waals surface area contributed by atoms with Crippen LogP contribution in [-0.2, 0) is 4.79 Å². The minimum atomic E-state index is -0.107. The van der Waals surface area contributed by atoms with E-state index in [2.05, 4.69) is 10.6 Å². The maximum absolute atomic E-state index is 12.4. The highest BCUT2D eigenvalue weighted by atomic mass is 16.2. The van der Waals surface area contributed by atoms with Gasteiger partial charge >= 0.3 is 0 Å². The van der Waals surface area contributed by atoms with Crippen LogP contribution in [0.25, 0.3) is 0 Å². The van der Waals surface area contributed by atoms with Gasteiger partial charge in [-0.3, -0.25) is 9.59 Å². The molecule has 5 heteroatoms. The summed E-state index contributed by atoms with van der Waals surface area (Å²) in [5.41, 5.74) is 3.41. The van der Waals surface area contributed by atoms with Crippen LogP contribution in [0.3, 0.4) is 0 Å².